The van der Waals surface area contributed by atoms with E-state index >= 15 is 0 Å². The summed E-state index contributed by atoms with van der Waals surface area (Å²) in [5.74, 6) is 0. The van der Waals surface area contributed by atoms with Crippen molar-refractivity contribution in [1.29, 1.82) is 0 Å². The number of halogens is 1. The van der Waals surface area contributed by atoms with Crippen LogP contribution in [0.3, 0.4) is 0 Å². The average molecular weight is 560 g/mol. The second kappa shape index (κ2) is 23.6. The molecule has 6 nitrogen and oxygen atoms in total. The molecule has 0 heterocycles. The van der Waals surface area contributed by atoms with Gasteiger partial charge in [-0.1, -0.05) is 77.0 Å². The Balaban J connectivity index is 3.19. The van der Waals surface area contributed by atoms with Gasteiger partial charge in [0.2, 0.25) is 0 Å². The van der Waals surface area contributed by atoms with E-state index in [2.05, 4.69) is 11.1 Å². The molecule has 188 valence electrons. The Bertz CT molecular complexity index is 362. The number of aliphatic hydroxyl groups excluding tert-OH is 3. The van der Waals surface area contributed by atoms with Crippen molar-refractivity contribution in [3.05, 3.63) is 0 Å². The third-order valence-electron chi connectivity index (χ3n) is 5.96. The standard InChI is InChI=1S/C24H51IN2O4/c25-24(31)21(26)17-15-16-20-27-22(28)18-13-11-9-7-5-3-1-2-4-6-8-10-12-14-19-23(29)30/h21-24,27-31H,1-20,26H2/p+1. The molecule has 0 amide bonds. The van der Waals surface area contributed by atoms with Gasteiger partial charge in [0.15, 0.2) is 10.4 Å². The van der Waals surface area contributed by atoms with Crippen molar-refractivity contribution in [3.8, 4) is 0 Å². The fourth-order valence-electron chi connectivity index (χ4n) is 3.83. The fourth-order valence-corrected chi connectivity index (χ4v) is 4.19. The van der Waals surface area contributed by atoms with Gasteiger partial charge in [-0.25, -0.2) is 0 Å². The van der Waals surface area contributed by atoms with E-state index in [9.17, 15) is 10.2 Å². The summed E-state index contributed by atoms with van der Waals surface area (Å²) >= 11 is 2.01. The van der Waals surface area contributed by atoms with E-state index in [1.54, 1.807) is 0 Å². The lowest BCUT2D eigenvalue weighted by Crippen LogP contribution is -2.64. The van der Waals surface area contributed by atoms with E-state index in [0.29, 0.717) is 6.42 Å². The summed E-state index contributed by atoms with van der Waals surface area (Å²) in [6.07, 6.45) is 20.3. The zero-order chi connectivity index (χ0) is 23.2. The van der Waals surface area contributed by atoms with Crippen LogP contribution in [-0.4, -0.2) is 49.6 Å². The van der Waals surface area contributed by atoms with Crippen LogP contribution in [0.25, 0.3) is 0 Å². The van der Waals surface area contributed by atoms with Gasteiger partial charge in [0.25, 0.3) is 0 Å². The minimum atomic E-state index is -1.13. The van der Waals surface area contributed by atoms with Gasteiger partial charge in [-0.2, -0.15) is 0 Å². The smallest absolute Gasteiger partial charge is 0.156 e. The molecule has 0 aliphatic carbocycles. The summed E-state index contributed by atoms with van der Waals surface area (Å²) < 4.78 is -0.363. The van der Waals surface area contributed by atoms with E-state index in [1.165, 1.54) is 70.6 Å². The van der Waals surface area contributed by atoms with E-state index in [4.69, 9.17) is 10.2 Å². The number of hydrogen-bond donors (Lipinski definition) is 6. The van der Waals surface area contributed by atoms with Crippen LogP contribution in [0.5, 0.6) is 0 Å². The molecule has 0 saturated heterocycles. The van der Waals surface area contributed by atoms with E-state index in [0.717, 1.165) is 51.5 Å². The van der Waals surface area contributed by atoms with Crippen LogP contribution in [0.15, 0.2) is 0 Å². The number of quaternary nitrogens is 1. The molecule has 0 aliphatic rings. The number of hydrogen-bond acceptors (Lipinski definition) is 5. The summed E-state index contributed by atoms with van der Waals surface area (Å²) in [4.78, 5) is 0. The van der Waals surface area contributed by atoms with E-state index in [1.807, 2.05) is 22.6 Å². The number of aliphatic hydroxyl groups is 4. The van der Waals surface area contributed by atoms with Gasteiger partial charge in [0.05, 0.1) is 0 Å². The lowest BCUT2D eigenvalue weighted by Gasteiger charge is -2.13. The SMILES string of the molecule is [NH3+]C(CCCCNC(O)CCCCCCCCCCCCCCCCC(O)O)C(O)I. The molecule has 0 aromatic rings. The van der Waals surface area contributed by atoms with Gasteiger partial charge >= 0.3 is 0 Å². The van der Waals surface area contributed by atoms with Gasteiger partial charge in [-0.15, -0.1) is 0 Å². The Hall–Kier alpha value is 0.490. The van der Waals surface area contributed by atoms with Crippen LogP contribution in [-0.2, 0) is 0 Å². The van der Waals surface area contributed by atoms with Gasteiger partial charge in [0, 0.05) is 6.42 Å². The molecular weight excluding hydrogens is 507 g/mol. The molecule has 0 aromatic heterocycles. The highest BCUT2D eigenvalue weighted by Gasteiger charge is 2.13. The van der Waals surface area contributed by atoms with E-state index < -0.39 is 6.29 Å². The van der Waals surface area contributed by atoms with Crippen molar-refractivity contribution in [2.75, 3.05) is 6.54 Å². The summed E-state index contributed by atoms with van der Waals surface area (Å²) in [5, 5.41) is 40.1. The molecule has 31 heavy (non-hydrogen) atoms. The quantitative estimate of drug-likeness (QED) is 0.0463. The molecule has 0 aromatic carbocycles. The van der Waals surface area contributed by atoms with Crippen LogP contribution >= 0.6 is 22.6 Å². The normalized spacial score (nSPS) is 14.8. The third-order valence-corrected chi connectivity index (χ3v) is 6.98. The molecule has 0 bridgehead atoms. The second-order valence-corrected chi connectivity index (χ2v) is 10.4. The molecule has 7 heteroatoms. The van der Waals surface area contributed by atoms with Crippen molar-refractivity contribution in [1.82, 2.24) is 5.32 Å². The summed E-state index contributed by atoms with van der Waals surface area (Å²) in [6.45, 7) is 0.832. The zero-order valence-corrected chi connectivity index (χ0v) is 22.0. The first kappa shape index (κ1) is 31.5. The van der Waals surface area contributed by atoms with Gasteiger partial charge in [0.1, 0.15) is 12.3 Å². The van der Waals surface area contributed by atoms with Gasteiger partial charge in [-0.3, -0.25) is 5.32 Å². The van der Waals surface area contributed by atoms with Crippen LogP contribution in [0.2, 0.25) is 0 Å². The molecule has 8 N–H and O–H groups in total. The molecule has 3 unspecified atom stereocenters. The monoisotopic (exact) mass is 559 g/mol. The maximum atomic E-state index is 9.99. The van der Waals surface area contributed by atoms with Crippen molar-refractivity contribution in [2.24, 2.45) is 0 Å². The largest absolute Gasteiger partial charge is 0.379 e. The topological polar surface area (TPSA) is 121 Å². The highest BCUT2D eigenvalue weighted by atomic mass is 127. The minimum Gasteiger partial charge on any atom is -0.379 e. The first-order valence-electron chi connectivity index (χ1n) is 12.9. The first-order chi connectivity index (χ1) is 14.9. The number of rotatable bonds is 24. The van der Waals surface area contributed by atoms with Gasteiger partial charge in [-0.05, 0) is 67.7 Å². The van der Waals surface area contributed by atoms with Crippen LogP contribution in [0.1, 0.15) is 122 Å². The Morgan fingerprint density at radius 1 is 0.548 bits per heavy atom. The van der Waals surface area contributed by atoms with Gasteiger partial charge < -0.3 is 26.2 Å². The Kier molecular flexibility index (Phi) is 24.0. The molecule has 0 radical (unpaired) electrons. The predicted molar refractivity (Wildman–Crippen MR) is 137 cm³/mol. The van der Waals surface area contributed by atoms with Crippen molar-refractivity contribution < 1.29 is 26.2 Å². The number of nitrogens with one attached hydrogen (secondary N) is 1. The lowest BCUT2D eigenvalue weighted by atomic mass is 10.0. The summed E-state index contributed by atoms with van der Waals surface area (Å²) in [5.41, 5.74) is 3.94. The molecule has 0 fully saturated rings. The zero-order valence-electron chi connectivity index (χ0n) is 19.8. The molecule has 0 saturated carbocycles. The Labute approximate surface area is 204 Å². The highest BCUT2D eigenvalue weighted by Crippen LogP contribution is 2.14. The van der Waals surface area contributed by atoms with Crippen LogP contribution < -0.4 is 11.1 Å². The Morgan fingerprint density at radius 3 is 1.35 bits per heavy atom. The second-order valence-electron chi connectivity index (χ2n) is 9.11. The average Bonchev–Trinajstić information content (AvgIpc) is 2.72. The Morgan fingerprint density at radius 2 is 0.935 bits per heavy atom. The summed E-state index contributed by atoms with van der Waals surface area (Å²) in [6, 6.07) is 0.0981. The highest BCUT2D eigenvalue weighted by molar-refractivity contribution is 14.1. The maximum Gasteiger partial charge on any atom is 0.156 e. The molecule has 0 rings (SSSR count). The fraction of sp³-hybridized carbons (Fsp3) is 1.00. The van der Waals surface area contributed by atoms with Crippen molar-refractivity contribution in [3.63, 3.8) is 0 Å². The maximum absolute atomic E-state index is 9.99. The van der Waals surface area contributed by atoms with Crippen molar-refractivity contribution in [2.45, 2.75) is 145 Å². The van der Waals surface area contributed by atoms with E-state index in [-0.39, 0.29) is 16.4 Å². The van der Waals surface area contributed by atoms with Crippen LogP contribution in [0.4, 0.5) is 0 Å². The van der Waals surface area contributed by atoms with Crippen molar-refractivity contribution >= 4 is 22.6 Å². The molecule has 3 atom stereocenters. The molecule has 0 aliphatic heterocycles. The third kappa shape index (κ3) is 25.0. The lowest BCUT2D eigenvalue weighted by molar-refractivity contribution is -0.429. The molecular formula is C24H52IN2O4+. The van der Waals surface area contributed by atoms with Crippen LogP contribution in [0, 0.1) is 0 Å². The first-order valence-corrected chi connectivity index (χ1v) is 14.1. The summed E-state index contributed by atoms with van der Waals surface area (Å²) in [7, 11) is 0. The minimum absolute atomic E-state index is 0.0981. The predicted octanol–water partition coefficient (Wildman–Crippen LogP) is 3.98. The number of unbranched alkanes of at least 4 members (excludes halogenated alkanes) is 14. The number of alkyl halides is 1. The molecule has 0 spiro atoms.